The van der Waals surface area contributed by atoms with Crippen LogP contribution in [0.15, 0.2) is 30.5 Å². The molecule has 142 valence electrons. The molecule has 0 radical (unpaired) electrons. The molecule has 2 aromatic rings. The van der Waals surface area contributed by atoms with Gasteiger partial charge in [0.15, 0.2) is 0 Å². The summed E-state index contributed by atoms with van der Waals surface area (Å²) in [5.41, 5.74) is 7.85. The van der Waals surface area contributed by atoms with Crippen LogP contribution in [0.5, 0.6) is 0 Å². The van der Waals surface area contributed by atoms with Crippen molar-refractivity contribution in [3.8, 4) is 0 Å². The van der Waals surface area contributed by atoms with Crippen molar-refractivity contribution < 1.29 is 4.39 Å². The van der Waals surface area contributed by atoms with E-state index in [1.165, 1.54) is 25.3 Å². The van der Waals surface area contributed by atoms with Crippen molar-refractivity contribution in [3.05, 3.63) is 47.5 Å². The minimum Gasteiger partial charge on any atom is -0.354 e. The fraction of sp³-hybridized carbons (Fsp3) is 0.500. The highest BCUT2D eigenvalue weighted by atomic mass is 19.1. The summed E-state index contributed by atoms with van der Waals surface area (Å²) < 4.78 is 14.6. The minimum atomic E-state index is -0.337. The van der Waals surface area contributed by atoms with E-state index in [4.69, 9.17) is 4.98 Å². The van der Waals surface area contributed by atoms with E-state index in [1.54, 1.807) is 12.3 Å². The van der Waals surface area contributed by atoms with Crippen molar-refractivity contribution in [2.45, 2.75) is 38.3 Å². The summed E-state index contributed by atoms with van der Waals surface area (Å²) in [5.74, 6) is 1.28. The number of nitrogens with one attached hydrogen (secondary N) is 3. The molecule has 2 atom stereocenters. The van der Waals surface area contributed by atoms with Crippen LogP contribution in [0.3, 0.4) is 0 Å². The molecular weight excluding hydrogens is 343 g/mol. The molecule has 5 rings (SSSR count). The third-order valence-corrected chi connectivity index (χ3v) is 6.45. The Morgan fingerprint density at radius 1 is 1.26 bits per heavy atom. The zero-order valence-corrected chi connectivity index (χ0v) is 15.5. The third-order valence-electron chi connectivity index (χ3n) is 6.45. The lowest BCUT2D eigenvalue weighted by atomic mass is 9.65. The molecule has 7 heteroatoms. The highest BCUT2D eigenvalue weighted by molar-refractivity contribution is 5.53. The Kier molecular flexibility index (Phi) is 4.02. The molecule has 2 aliphatic heterocycles. The van der Waals surface area contributed by atoms with Gasteiger partial charge in [-0.25, -0.2) is 19.8 Å². The van der Waals surface area contributed by atoms with Gasteiger partial charge in [0.2, 0.25) is 0 Å². The largest absolute Gasteiger partial charge is 0.354 e. The van der Waals surface area contributed by atoms with E-state index in [1.807, 2.05) is 12.1 Å². The standard InChI is InChI=1S/C20H25FN6/c1-20(7-3-8-20)15-12-27(11-10-22-15)16-6-5-14(21)18(24-16)17-13-4-2-9-23-19(13)26-25-17/h2,4-6,9,15,17,22,25H,3,7-8,10-12H2,1H3,(H,23,26). The number of hydrogen-bond donors (Lipinski definition) is 3. The Hall–Kier alpha value is -2.25. The van der Waals surface area contributed by atoms with Gasteiger partial charge in [-0.15, -0.1) is 0 Å². The SMILES string of the molecule is CC1(C2CN(c3ccc(F)c(C4NNc5ncccc54)n3)CCN2)CCC1. The lowest BCUT2D eigenvalue weighted by Gasteiger charge is -2.49. The maximum Gasteiger partial charge on any atom is 0.146 e. The first-order chi connectivity index (χ1) is 13.1. The van der Waals surface area contributed by atoms with Crippen LogP contribution in [0.4, 0.5) is 16.0 Å². The molecule has 1 aliphatic carbocycles. The van der Waals surface area contributed by atoms with Crippen LogP contribution >= 0.6 is 0 Å². The number of halogens is 1. The lowest BCUT2D eigenvalue weighted by Crippen LogP contribution is -2.59. The van der Waals surface area contributed by atoms with Gasteiger partial charge in [-0.1, -0.05) is 19.4 Å². The molecular formula is C20H25FN6. The highest BCUT2D eigenvalue weighted by Gasteiger charge is 2.41. The predicted molar refractivity (Wildman–Crippen MR) is 103 cm³/mol. The molecule has 6 nitrogen and oxygen atoms in total. The number of hydrazine groups is 1. The van der Waals surface area contributed by atoms with Crippen LogP contribution < -0.4 is 21.1 Å². The minimum absolute atomic E-state index is 0.299. The summed E-state index contributed by atoms with van der Waals surface area (Å²) in [5, 5.41) is 3.68. The summed E-state index contributed by atoms with van der Waals surface area (Å²) in [6.07, 6.45) is 5.60. The van der Waals surface area contributed by atoms with Crippen molar-refractivity contribution in [1.82, 2.24) is 20.7 Å². The van der Waals surface area contributed by atoms with Gasteiger partial charge in [0, 0.05) is 37.4 Å². The molecule has 0 bridgehead atoms. The van der Waals surface area contributed by atoms with Crippen molar-refractivity contribution in [1.29, 1.82) is 0 Å². The highest BCUT2D eigenvalue weighted by Crippen LogP contribution is 2.44. The van der Waals surface area contributed by atoms with Gasteiger partial charge in [-0.2, -0.15) is 0 Å². The predicted octanol–water partition coefficient (Wildman–Crippen LogP) is 2.60. The second-order valence-corrected chi connectivity index (χ2v) is 8.14. The zero-order valence-electron chi connectivity index (χ0n) is 15.5. The van der Waals surface area contributed by atoms with Crippen LogP contribution in [-0.4, -0.2) is 35.6 Å². The Balaban J connectivity index is 1.42. The molecule has 2 fully saturated rings. The maximum absolute atomic E-state index is 14.6. The van der Waals surface area contributed by atoms with E-state index >= 15 is 0 Å². The van der Waals surface area contributed by atoms with Gasteiger partial charge >= 0.3 is 0 Å². The average Bonchev–Trinajstić information content (AvgIpc) is 3.10. The maximum atomic E-state index is 14.6. The Bertz CT molecular complexity index is 852. The van der Waals surface area contributed by atoms with Gasteiger partial charge in [-0.05, 0) is 36.5 Å². The first kappa shape index (κ1) is 16.9. The number of anilines is 2. The molecule has 0 amide bonds. The first-order valence-corrected chi connectivity index (χ1v) is 9.75. The van der Waals surface area contributed by atoms with Gasteiger partial charge in [0.1, 0.15) is 23.1 Å². The summed E-state index contributed by atoms with van der Waals surface area (Å²) in [7, 11) is 0. The van der Waals surface area contributed by atoms with Crippen molar-refractivity contribution >= 4 is 11.6 Å². The topological polar surface area (TPSA) is 65.1 Å². The number of fused-ring (bicyclic) bond motifs is 1. The molecule has 3 aliphatic rings. The molecule has 0 spiro atoms. The lowest BCUT2D eigenvalue weighted by molar-refractivity contribution is 0.0937. The second kappa shape index (κ2) is 6.42. The number of aromatic nitrogens is 2. The van der Waals surface area contributed by atoms with Crippen molar-refractivity contribution in [3.63, 3.8) is 0 Å². The Labute approximate surface area is 158 Å². The normalized spacial score (nSPS) is 26.2. The summed E-state index contributed by atoms with van der Waals surface area (Å²) in [6, 6.07) is 7.28. The van der Waals surface area contributed by atoms with E-state index in [0.29, 0.717) is 17.2 Å². The number of pyridine rings is 2. The quantitative estimate of drug-likeness (QED) is 0.774. The second-order valence-electron chi connectivity index (χ2n) is 8.14. The fourth-order valence-corrected chi connectivity index (χ4v) is 4.52. The van der Waals surface area contributed by atoms with E-state index in [-0.39, 0.29) is 11.9 Å². The smallest absolute Gasteiger partial charge is 0.146 e. The number of hydrogen-bond acceptors (Lipinski definition) is 6. The molecule has 2 unspecified atom stereocenters. The van der Waals surface area contributed by atoms with Gasteiger partial charge in [-0.3, -0.25) is 0 Å². The molecule has 2 aromatic heterocycles. The summed E-state index contributed by atoms with van der Waals surface area (Å²) >= 11 is 0. The van der Waals surface area contributed by atoms with Crippen molar-refractivity contribution in [2.24, 2.45) is 5.41 Å². The van der Waals surface area contributed by atoms with E-state index < -0.39 is 0 Å². The monoisotopic (exact) mass is 368 g/mol. The van der Waals surface area contributed by atoms with E-state index in [2.05, 4.69) is 33.0 Å². The van der Waals surface area contributed by atoms with Crippen molar-refractivity contribution in [2.75, 3.05) is 30.0 Å². The van der Waals surface area contributed by atoms with E-state index in [9.17, 15) is 4.39 Å². The molecule has 27 heavy (non-hydrogen) atoms. The molecule has 0 aromatic carbocycles. The summed E-state index contributed by atoms with van der Waals surface area (Å²) in [4.78, 5) is 11.3. The number of piperazine rings is 1. The van der Waals surface area contributed by atoms with Gasteiger partial charge in [0.05, 0.1) is 6.04 Å². The first-order valence-electron chi connectivity index (χ1n) is 9.75. The third kappa shape index (κ3) is 2.85. The van der Waals surface area contributed by atoms with E-state index in [0.717, 1.165) is 36.8 Å². The van der Waals surface area contributed by atoms with Crippen LogP contribution in [0.1, 0.15) is 43.5 Å². The summed E-state index contributed by atoms with van der Waals surface area (Å²) in [6.45, 7) is 5.12. The zero-order chi connectivity index (χ0) is 18.4. The number of rotatable bonds is 3. The number of nitrogens with zero attached hydrogens (tertiary/aromatic N) is 3. The van der Waals surface area contributed by atoms with Gasteiger partial charge in [0.25, 0.3) is 0 Å². The molecule has 4 heterocycles. The molecule has 1 saturated heterocycles. The average molecular weight is 368 g/mol. The molecule has 1 saturated carbocycles. The van der Waals surface area contributed by atoms with Crippen LogP contribution in [-0.2, 0) is 0 Å². The van der Waals surface area contributed by atoms with Crippen LogP contribution in [0.2, 0.25) is 0 Å². The molecule has 3 N–H and O–H groups in total. The van der Waals surface area contributed by atoms with Crippen LogP contribution in [0, 0.1) is 11.2 Å². The van der Waals surface area contributed by atoms with Gasteiger partial charge < -0.3 is 15.6 Å². The Morgan fingerprint density at radius 2 is 2.15 bits per heavy atom. The van der Waals surface area contributed by atoms with Crippen LogP contribution in [0.25, 0.3) is 0 Å². The fourth-order valence-electron chi connectivity index (χ4n) is 4.52. The Morgan fingerprint density at radius 3 is 2.96 bits per heavy atom.